The van der Waals surface area contributed by atoms with Gasteiger partial charge in [0.2, 0.25) is 15.9 Å². The van der Waals surface area contributed by atoms with Crippen molar-refractivity contribution in [1.82, 2.24) is 5.32 Å². The number of carbonyl (C=O) groups excluding carboxylic acids is 1. The average molecular weight is 465 g/mol. The van der Waals surface area contributed by atoms with Crippen molar-refractivity contribution in [2.24, 2.45) is 0 Å². The van der Waals surface area contributed by atoms with Crippen LogP contribution >= 0.6 is 0 Å². The van der Waals surface area contributed by atoms with Crippen LogP contribution in [0.1, 0.15) is 29.9 Å². The van der Waals surface area contributed by atoms with Crippen molar-refractivity contribution in [2.45, 2.75) is 43.6 Å². The van der Waals surface area contributed by atoms with E-state index >= 15 is 0 Å². The predicted octanol–water partition coefficient (Wildman–Crippen LogP) is 1.90. The van der Waals surface area contributed by atoms with Gasteiger partial charge in [-0.3, -0.25) is 9.52 Å². The van der Waals surface area contributed by atoms with E-state index in [4.69, 9.17) is 9.47 Å². The number of halogens is 1. The zero-order chi connectivity index (χ0) is 22.9. The van der Waals surface area contributed by atoms with Crippen molar-refractivity contribution >= 4 is 21.6 Å². The monoisotopic (exact) mass is 464 g/mol. The van der Waals surface area contributed by atoms with E-state index in [1.807, 2.05) is 0 Å². The second kappa shape index (κ2) is 9.05. The summed E-state index contributed by atoms with van der Waals surface area (Å²) in [5, 5.41) is 12.5. The fourth-order valence-corrected chi connectivity index (χ4v) is 4.84. The molecule has 2 aliphatic heterocycles. The summed E-state index contributed by atoms with van der Waals surface area (Å²) in [7, 11) is -3.43. The van der Waals surface area contributed by atoms with E-state index in [1.165, 1.54) is 6.07 Å². The minimum atomic E-state index is -3.43. The number of aliphatic hydroxyl groups excluding tert-OH is 1. The standard InChI is InChI=1S/C22H25FN2O6S/c1-32(28,29)25-14-6-7-19-16(8-14)17-9-15(30-20(12-26)22(17)31-19)10-21(27)24-11-13-4-2-3-5-18(13)23/h2-8,15,17,20,22,25-26H,9-12H2,1H3,(H,24,27)/t15-,17+,20-,22-/m1/s1. The first-order chi connectivity index (χ1) is 15.2. The van der Waals surface area contributed by atoms with Crippen LogP contribution in [-0.2, 0) is 26.1 Å². The Bertz CT molecular complexity index is 1110. The van der Waals surface area contributed by atoms with Gasteiger partial charge in [0.1, 0.15) is 23.8 Å². The van der Waals surface area contributed by atoms with Gasteiger partial charge in [0, 0.05) is 29.3 Å². The minimum Gasteiger partial charge on any atom is -0.487 e. The van der Waals surface area contributed by atoms with Crippen LogP contribution in [0.15, 0.2) is 42.5 Å². The number of hydrogen-bond acceptors (Lipinski definition) is 6. The third-order valence-corrected chi connectivity index (χ3v) is 6.26. The number of aliphatic hydroxyl groups is 1. The molecule has 1 fully saturated rings. The molecule has 2 aromatic rings. The topological polar surface area (TPSA) is 114 Å². The number of sulfonamides is 1. The van der Waals surface area contributed by atoms with E-state index in [2.05, 4.69) is 10.0 Å². The molecule has 4 atom stereocenters. The summed E-state index contributed by atoms with van der Waals surface area (Å²) < 4.78 is 51.2. The number of carbonyl (C=O) groups is 1. The molecule has 3 N–H and O–H groups in total. The lowest BCUT2D eigenvalue weighted by atomic mass is 9.84. The van der Waals surface area contributed by atoms with E-state index in [1.54, 1.807) is 36.4 Å². The lowest BCUT2D eigenvalue weighted by Gasteiger charge is -2.37. The molecule has 2 heterocycles. The first-order valence-electron chi connectivity index (χ1n) is 10.3. The minimum absolute atomic E-state index is 0.0464. The summed E-state index contributed by atoms with van der Waals surface area (Å²) in [6, 6.07) is 11.2. The highest BCUT2D eigenvalue weighted by Gasteiger charge is 2.46. The van der Waals surface area contributed by atoms with Gasteiger partial charge in [0.25, 0.3) is 0 Å². The van der Waals surface area contributed by atoms with E-state index < -0.39 is 28.3 Å². The molecule has 0 unspecified atom stereocenters. The van der Waals surface area contributed by atoms with Gasteiger partial charge in [0.15, 0.2) is 0 Å². The molecule has 0 aliphatic carbocycles. The number of anilines is 1. The van der Waals surface area contributed by atoms with Gasteiger partial charge in [-0.25, -0.2) is 12.8 Å². The largest absolute Gasteiger partial charge is 0.487 e. The number of fused-ring (bicyclic) bond motifs is 3. The molecule has 0 radical (unpaired) electrons. The Morgan fingerprint density at radius 1 is 1.25 bits per heavy atom. The Morgan fingerprint density at radius 3 is 2.75 bits per heavy atom. The summed E-state index contributed by atoms with van der Waals surface area (Å²) in [6.07, 6.45) is 0.0493. The van der Waals surface area contributed by atoms with Crippen LogP contribution < -0.4 is 14.8 Å². The average Bonchev–Trinajstić information content (AvgIpc) is 3.09. The molecular weight excluding hydrogens is 439 g/mol. The van der Waals surface area contributed by atoms with E-state index in [0.717, 1.165) is 11.8 Å². The third-order valence-electron chi connectivity index (χ3n) is 5.65. The fourth-order valence-electron chi connectivity index (χ4n) is 4.28. The normalized spacial score (nSPS) is 24.2. The molecule has 8 nitrogen and oxygen atoms in total. The zero-order valence-corrected chi connectivity index (χ0v) is 18.3. The molecule has 2 aromatic carbocycles. The second-order valence-corrected chi connectivity index (χ2v) is 9.85. The van der Waals surface area contributed by atoms with Crippen molar-refractivity contribution in [3.05, 3.63) is 59.4 Å². The van der Waals surface area contributed by atoms with Crippen LogP contribution in [0.4, 0.5) is 10.1 Å². The summed E-state index contributed by atoms with van der Waals surface area (Å²) in [5.41, 5.74) is 1.62. The number of hydrogen-bond donors (Lipinski definition) is 3. The Morgan fingerprint density at radius 2 is 2.03 bits per heavy atom. The maximum absolute atomic E-state index is 13.8. The number of rotatable bonds is 7. The van der Waals surface area contributed by atoms with Gasteiger partial charge in [-0.2, -0.15) is 0 Å². The third kappa shape index (κ3) is 5.03. The molecular formula is C22H25FN2O6S. The van der Waals surface area contributed by atoms with E-state index in [9.17, 15) is 22.7 Å². The maximum atomic E-state index is 13.8. The SMILES string of the molecule is CS(=O)(=O)Nc1ccc2c(c1)[C@@H]1C[C@H](CC(=O)NCc3ccccc3F)O[C@H](CO)[C@@H]1O2. The highest BCUT2D eigenvalue weighted by molar-refractivity contribution is 7.92. The number of ether oxygens (including phenoxy) is 2. The van der Waals surface area contributed by atoms with Crippen molar-refractivity contribution in [3.8, 4) is 5.75 Å². The number of amides is 1. The molecule has 32 heavy (non-hydrogen) atoms. The zero-order valence-electron chi connectivity index (χ0n) is 17.5. The molecule has 10 heteroatoms. The lowest BCUT2D eigenvalue weighted by molar-refractivity contribution is -0.142. The molecule has 0 spiro atoms. The first-order valence-corrected chi connectivity index (χ1v) is 12.2. The molecule has 4 rings (SSSR count). The Labute approximate surface area is 185 Å². The molecule has 0 bridgehead atoms. The molecule has 0 saturated carbocycles. The molecule has 0 aromatic heterocycles. The van der Waals surface area contributed by atoms with E-state index in [-0.39, 0.29) is 37.2 Å². The highest BCUT2D eigenvalue weighted by atomic mass is 32.2. The molecule has 1 saturated heterocycles. The summed E-state index contributed by atoms with van der Waals surface area (Å²) in [5.74, 6) is -0.240. The lowest BCUT2D eigenvalue weighted by Crippen LogP contribution is -2.47. The van der Waals surface area contributed by atoms with Gasteiger partial charge in [-0.05, 0) is 30.7 Å². The molecule has 2 aliphatic rings. The van der Waals surface area contributed by atoms with Crippen LogP contribution in [-0.4, -0.2) is 50.6 Å². The van der Waals surface area contributed by atoms with Crippen molar-refractivity contribution in [2.75, 3.05) is 17.6 Å². The Balaban J connectivity index is 1.45. The number of nitrogens with one attached hydrogen (secondary N) is 2. The smallest absolute Gasteiger partial charge is 0.229 e. The second-order valence-electron chi connectivity index (χ2n) is 8.10. The van der Waals surface area contributed by atoms with Crippen LogP contribution in [0, 0.1) is 5.82 Å². The Kier molecular flexibility index (Phi) is 6.36. The fraction of sp³-hybridized carbons (Fsp3) is 0.409. The summed E-state index contributed by atoms with van der Waals surface area (Å²) in [4.78, 5) is 12.5. The number of benzene rings is 2. The summed E-state index contributed by atoms with van der Waals surface area (Å²) >= 11 is 0. The van der Waals surface area contributed by atoms with Crippen molar-refractivity contribution in [1.29, 1.82) is 0 Å². The van der Waals surface area contributed by atoms with Crippen molar-refractivity contribution < 1.29 is 32.2 Å². The van der Waals surface area contributed by atoms with Crippen molar-refractivity contribution in [3.63, 3.8) is 0 Å². The van der Waals surface area contributed by atoms with Gasteiger partial charge >= 0.3 is 0 Å². The molecule has 172 valence electrons. The van der Waals surface area contributed by atoms with Gasteiger partial charge in [-0.1, -0.05) is 18.2 Å². The van der Waals surface area contributed by atoms with Gasteiger partial charge in [-0.15, -0.1) is 0 Å². The van der Waals surface area contributed by atoms with Crippen LogP contribution in [0.3, 0.4) is 0 Å². The van der Waals surface area contributed by atoms with Crippen LogP contribution in [0.5, 0.6) is 5.75 Å². The molecule has 1 amide bonds. The quantitative estimate of drug-likeness (QED) is 0.577. The van der Waals surface area contributed by atoms with Gasteiger partial charge in [0.05, 0.1) is 25.4 Å². The van der Waals surface area contributed by atoms with Gasteiger partial charge < -0.3 is 19.9 Å². The first kappa shape index (κ1) is 22.5. The Hall–Kier alpha value is -2.69. The predicted molar refractivity (Wildman–Crippen MR) is 115 cm³/mol. The van der Waals surface area contributed by atoms with Crippen LogP contribution in [0.2, 0.25) is 0 Å². The van der Waals surface area contributed by atoms with E-state index in [0.29, 0.717) is 23.4 Å². The van der Waals surface area contributed by atoms with Crippen LogP contribution in [0.25, 0.3) is 0 Å². The highest BCUT2D eigenvalue weighted by Crippen LogP contribution is 2.47. The summed E-state index contributed by atoms with van der Waals surface area (Å²) in [6.45, 7) is -0.211. The maximum Gasteiger partial charge on any atom is 0.229 e.